The Bertz CT molecular complexity index is 297. The maximum Gasteiger partial charge on any atom is 0.404 e. The van der Waals surface area contributed by atoms with Gasteiger partial charge < -0.3 is 10.5 Å². The van der Waals surface area contributed by atoms with E-state index >= 15 is 0 Å². The van der Waals surface area contributed by atoms with Gasteiger partial charge in [-0.2, -0.15) is 13.2 Å². The molecule has 0 aromatic carbocycles. The highest BCUT2D eigenvalue weighted by Gasteiger charge is 2.46. The molecular formula is C13H24F3NO2. The van der Waals surface area contributed by atoms with Crippen molar-refractivity contribution in [3.8, 4) is 0 Å². The van der Waals surface area contributed by atoms with E-state index in [1.807, 2.05) is 6.92 Å². The summed E-state index contributed by atoms with van der Waals surface area (Å²) in [5, 5.41) is 0. The van der Waals surface area contributed by atoms with Crippen LogP contribution in [-0.2, 0) is 9.53 Å². The third-order valence-electron chi connectivity index (χ3n) is 2.87. The zero-order valence-corrected chi connectivity index (χ0v) is 12.2. The molecule has 0 aromatic heterocycles. The summed E-state index contributed by atoms with van der Waals surface area (Å²) in [5.74, 6) is -2.25. The molecule has 0 saturated heterocycles. The number of hydrogen-bond donors (Lipinski definition) is 1. The third kappa shape index (κ3) is 6.80. The van der Waals surface area contributed by atoms with E-state index in [2.05, 4.69) is 0 Å². The number of nitrogens with two attached hydrogens (primary N) is 1. The molecule has 0 aliphatic rings. The Labute approximate surface area is 112 Å². The van der Waals surface area contributed by atoms with Crippen LogP contribution < -0.4 is 5.73 Å². The maximum atomic E-state index is 12.7. The largest absolute Gasteiger partial charge is 0.460 e. The predicted octanol–water partition coefficient (Wildman–Crippen LogP) is 3.27. The van der Waals surface area contributed by atoms with Crippen molar-refractivity contribution >= 4 is 5.97 Å². The van der Waals surface area contributed by atoms with Crippen LogP contribution in [-0.4, -0.2) is 23.8 Å². The summed E-state index contributed by atoms with van der Waals surface area (Å²) in [4.78, 5) is 11.9. The van der Waals surface area contributed by atoms with Crippen LogP contribution in [0.25, 0.3) is 0 Å². The second-order valence-electron chi connectivity index (χ2n) is 5.96. The van der Waals surface area contributed by atoms with E-state index < -0.39 is 29.7 Å². The topological polar surface area (TPSA) is 52.3 Å². The van der Waals surface area contributed by atoms with E-state index in [1.165, 1.54) is 0 Å². The molecule has 0 amide bonds. The summed E-state index contributed by atoms with van der Waals surface area (Å²) in [6, 6.07) is -2.18. The van der Waals surface area contributed by atoms with Crippen LogP contribution in [0.2, 0.25) is 0 Å². The molecule has 0 bridgehead atoms. The molecular weight excluding hydrogens is 259 g/mol. The Morgan fingerprint density at radius 1 is 1.26 bits per heavy atom. The number of halogens is 3. The molecule has 0 heterocycles. The normalized spacial score (nSPS) is 17.7. The Kier molecular flexibility index (Phi) is 6.32. The van der Waals surface area contributed by atoms with Crippen LogP contribution in [0.15, 0.2) is 0 Å². The van der Waals surface area contributed by atoms with Crippen molar-refractivity contribution in [2.24, 2.45) is 17.6 Å². The van der Waals surface area contributed by atoms with Gasteiger partial charge in [-0.15, -0.1) is 0 Å². The molecule has 1 unspecified atom stereocenters. The van der Waals surface area contributed by atoms with Crippen molar-refractivity contribution in [1.29, 1.82) is 0 Å². The van der Waals surface area contributed by atoms with Crippen molar-refractivity contribution in [1.82, 2.24) is 0 Å². The highest BCUT2D eigenvalue weighted by atomic mass is 19.4. The van der Waals surface area contributed by atoms with Crippen LogP contribution in [0, 0.1) is 11.8 Å². The quantitative estimate of drug-likeness (QED) is 0.788. The minimum absolute atomic E-state index is 0.0223. The van der Waals surface area contributed by atoms with Gasteiger partial charge in [0.15, 0.2) is 0 Å². The molecule has 0 aliphatic heterocycles. The molecule has 2 N–H and O–H groups in total. The summed E-state index contributed by atoms with van der Waals surface area (Å²) in [6.45, 7) is 8.50. The minimum atomic E-state index is -4.60. The van der Waals surface area contributed by atoms with Crippen LogP contribution in [0.1, 0.15) is 47.5 Å². The van der Waals surface area contributed by atoms with Crippen LogP contribution in [0.5, 0.6) is 0 Å². The molecule has 0 radical (unpaired) electrons. The van der Waals surface area contributed by atoms with Gasteiger partial charge in [-0.05, 0) is 33.1 Å². The summed E-state index contributed by atoms with van der Waals surface area (Å²) >= 11 is 0. The maximum absolute atomic E-state index is 12.7. The Hall–Kier alpha value is -0.780. The highest BCUT2D eigenvalue weighted by Crippen LogP contribution is 2.30. The molecule has 3 nitrogen and oxygen atoms in total. The summed E-state index contributed by atoms with van der Waals surface area (Å²) < 4.78 is 43.2. The first-order valence-electron chi connectivity index (χ1n) is 6.43. The molecule has 3 atom stereocenters. The molecule has 114 valence electrons. The van der Waals surface area contributed by atoms with Crippen molar-refractivity contribution in [2.45, 2.75) is 65.3 Å². The van der Waals surface area contributed by atoms with Crippen molar-refractivity contribution < 1.29 is 22.7 Å². The molecule has 0 aromatic rings. The van der Waals surface area contributed by atoms with Gasteiger partial charge in [0, 0.05) is 0 Å². The van der Waals surface area contributed by atoms with Gasteiger partial charge in [0.05, 0.1) is 5.92 Å². The average Bonchev–Trinajstić information content (AvgIpc) is 2.20. The first-order valence-corrected chi connectivity index (χ1v) is 6.43. The zero-order chi connectivity index (χ0) is 15.4. The standard InChI is InChI=1S/C13H24F3NO2/c1-6-8(2)7-9(10(17)13(14,15)16)11(18)19-12(3,4)5/h8-10H,6-7,17H2,1-5H3/t8?,9-,10-/m1/s1. The summed E-state index contributed by atoms with van der Waals surface area (Å²) in [7, 11) is 0. The minimum Gasteiger partial charge on any atom is -0.460 e. The Morgan fingerprint density at radius 3 is 2.05 bits per heavy atom. The lowest BCUT2D eigenvalue weighted by Gasteiger charge is -2.29. The van der Waals surface area contributed by atoms with E-state index in [4.69, 9.17) is 10.5 Å². The Morgan fingerprint density at radius 2 is 1.74 bits per heavy atom. The number of ether oxygens (including phenoxy) is 1. The van der Waals surface area contributed by atoms with E-state index in [0.717, 1.165) is 0 Å². The third-order valence-corrected chi connectivity index (χ3v) is 2.87. The van der Waals surface area contributed by atoms with Crippen LogP contribution in [0.3, 0.4) is 0 Å². The van der Waals surface area contributed by atoms with Crippen molar-refractivity contribution in [2.75, 3.05) is 0 Å². The van der Waals surface area contributed by atoms with Crippen LogP contribution in [0.4, 0.5) is 13.2 Å². The molecule has 0 rings (SSSR count). The average molecular weight is 283 g/mol. The first kappa shape index (κ1) is 18.2. The lowest BCUT2D eigenvalue weighted by atomic mass is 9.88. The molecule has 19 heavy (non-hydrogen) atoms. The number of alkyl halides is 3. The fourth-order valence-electron chi connectivity index (χ4n) is 1.60. The molecule has 0 spiro atoms. The fourth-order valence-corrected chi connectivity index (χ4v) is 1.60. The molecule has 0 fully saturated rings. The number of carbonyl (C=O) groups is 1. The molecule has 0 aliphatic carbocycles. The van der Waals surface area contributed by atoms with E-state index in [0.29, 0.717) is 6.42 Å². The van der Waals surface area contributed by atoms with Gasteiger partial charge in [0.25, 0.3) is 0 Å². The smallest absolute Gasteiger partial charge is 0.404 e. The van der Waals surface area contributed by atoms with Crippen molar-refractivity contribution in [3.63, 3.8) is 0 Å². The second-order valence-corrected chi connectivity index (χ2v) is 5.96. The first-order chi connectivity index (χ1) is 8.38. The number of rotatable bonds is 5. The summed E-state index contributed by atoms with van der Waals surface area (Å²) in [6.07, 6.45) is -3.84. The zero-order valence-electron chi connectivity index (χ0n) is 12.2. The van der Waals surface area contributed by atoms with Gasteiger partial charge in [-0.3, -0.25) is 4.79 Å². The monoisotopic (exact) mass is 283 g/mol. The number of carbonyl (C=O) groups excluding carboxylic acids is 1. The van der Waals surface area contributed by atoms with Crippen LogP contribution >= 0.6 is 0 Å². The molecule has 6 heteroatoms. The lowest BCUT2D eigenvalue weighted by Crippen LogP contribution is -2.49. The predicted molar refractivity (Wildman–Crippen MR) is 67.4 cm³/mol. The van der Waals surface area contributed by atoms with Gasteiger partial charge in [-0.25, -0.2) is 0 Å². The SMILES string of the molecule is CCC(C)C[C@@H](C(=O)OC(C)(C)C)[C@@H](N)C(F)(F)F. The number of esters is 1. The number of hydrogen-bond acceptors (Lipinski definition) is 3. The fraction of sp³-hybridized carbons (Fsp3) is 0.923. The van der Waals surface area contributed by atoms with Gasteiger partial charge in [0.2, 0.25) is 0 Å². The van der Waals surface area contributed by atoms with E-state index in [1.54, 1.807) is 27.7 Å². The van der Waals surface area contributed by atoms with Gasteiger partial charge >= 0.3 is 12.1 Å². The van der Waals surface area contributed by atoms with Gasteiger partial charge in [-0.1, -0.05) is 20.3 Å². The Balaban J connectivity index is 5.01. The van der Waals surface area contributed by atoms with E-state index in [9.17, 15) is 18.0 Å². The molecule has 0 saturated carbocycles. The lowest BCUT2D eigenvalue weighted by molar-refractivity contribution is -0.184. The van der Waals surface area contributed by atoms with E-state index in [-0.39, 0.29) is 12.3 Å². The van der Waals surface area contributed by atoms with Crippen molar-refractivity contribution in [3.05, 3.63) is 0 Å². The highest BCUT2D eigenvalue weighted by molar-refractivity contribution is 5.74. The second kappa shape index (κ2) is 6.59. The summed E-state index contributed by atoms with van der Waals surface area (Å²) in [5.41, 5.74) is 4.37. The van der Waals surface area contributed by atoms with Gasteiger partial charge in [0.1, 0.15) is 11.6 Å².